The van der Waals surface area contributed by atoms with Crippen LogP contribution >= 0.6 is 24.8 Å². The first kappa shape index (κ1) is 19.7. The number of nitrogens with one attached hydrogen (secondary N) is 1. The summed E-state index contributed by atoms with van der Waals surface area (Å²) >= 11 is 0. The van der Waals surface area contributed by atoms with Crippen molar-refractivity contribution in [1.82, 2.24) is 10.2 Å². The number of hydrogen-bond acceptors (Lipinski definition) is 2. The van der Waals surface area contributed by atoms with E-state index in [4.69, 9.17) is 0 Å². The summed E-state index contributed by atoms with van der Waals surface area (Å²) in [4.78, 5) is 2.64. The molecule has 0 spiro atoms. The molecule has 1 aliphatic heterocycles. The lowest BCUT2D eigenvalue weighted by Crippen LogP contribution is -2.45. The fourth-order valence-electron chi connectivity index (χ4n) is 2.80. The van der Waals surface area contributed by atoms with Crippen LogP contribution < -0.4 is 5.32 Å². The lowest BCUT2D eigenvalue weighted by atomic mass is 9.98. The van der Waals surface area contributed by atoms with E-state index in [9.17, 15) is 0 Å². The Hall–Kier alpha value is -0.280. The molecule has 0 unspecified atom stereocenters. The van der Waals surface area contributed by atoms with Crippen LogP contribution in [0.5, 0.6) is 0 Å². The minimum Gasteiger partial charge on any atom is -0.314 e. The number of piperazine rings is 1. The van der Waals surface area contributed by atoms with Crippen molar-refractivity contribution in [3.63, 3.8) is 0 Å². The van der Waals surface area contributed by atoms with Crippen LogP contribution in [-0.2, 0) is 6.42 Å². The number of rotatable bonds is 5. The lowest BCUT2D eigenvalue weighted by molar-refractivity contribution is 0.164. The normalized spacial score (nSPS) is 16.9. The minimum atomic E-state index is 0. The topological polar surface area (TPSA) is 15.3 Å². The second-order valence-corrected chi connectivity index (χ2v) is 5.19. The molecule has 4 heteroatoms. The average molecular weight is 319 g/mol. The van der Waals surface area contributed by atoms with E-state index in [1.54, 1.807) is 0 Å². The molecule has 116 valence electrons. The fraction of sp³-hybridized carbons (Fsp3) is 0.625. The van der Waals surface area contributed by atoms with Gasteiger partial charge in [-0.3, -0.25) is 4.90 Å². The first-order valence-corrected chi connectivity index (χ1v) is 7.38. The summed E-state index contributed by atoms with van der Waals surface area (Å²) in [6, 6.07) is 9.87. The van der Waals surface area contributed by atoms with Gasteiger partial charge >= 0.3 is 0 Å². The number of hydrogen-bond donors (Lipinski definition) is 1. The van der Waals surface area contributed by atoms with Gasteiger partial charge in [0.05, 0.1) is 0 Å². The highest BCUT2D eigenvalue weighted by atomic mass is 35.5. The van der Waals surface area contributed by atoms with Gasteiger partial charge in [-0.1, -0.05) is 44.5 Å². The van der Waals surface area contributed by atoms with Crippen molar-refractivity contribution in [1.29, 1.82) is 0 Å². The molecule has 20 heavy (non-hydrogen) atoms. The summed E-state index contributed by atoms with van der Waals surface area (Å²) in [5.41, 5.74) is 2.94. The van der Waals surface area contributed by atoms with E-state index in [2.05, 4.69) is 48.3 Å². The molecule has 1 N–H and O–H groups in total. The maximum atomic E-state index is 3.44. The Morgan fingerprint density at radius 1 is 1.05 bits per heavy atom. The van der Waals surface area contributed by atoms with E-state index in [0.29, 0.717) is 6.04 Å². The molecule has 1 fully saturated rings. The molecule has 1 aromatic carbocycles. The van der Waals surface area contributed by atoms with Crippen molar-refractivity contribution < 1.29 is 0 Å². The van der Waals surface area contributed by atoms with Gasteiger partial charge in [-0.15, -0.1) is 24.8 Å². The molecule has 0 aliphatic carbocycles. The standard InChI is InChI=1S/C16H26N2.2ClH/c1-3-5-16(18-12-10-17-11-13-18)15-8-6-14(4-2)7-9-15;;/h6-9,16-17H,3-5,10-13H2,1-2H3;2*1H/t16-;;/m1../s1. The Kier molecular flexibility index (Phi) is 10.3. The fourth-order valence-corrected chi connectivity index (χ4v) is 2.80. The maximum absolute atomic E-state index is 3.44. The molecule has 0 saturated carbocycles. The van der Waals surface area contributed by atoms with Gasteiger partial charge in [0, 0.05) is 32.2 Å². The van der Waals surface area contributed by atoms with Gasteiger partial charge in [-0.2, -0.15) is 0 Å². The summed E-state index contributed by atoms with van der Waals surface area (Å²) < 4.78 is 0. The van der Waals surface area contributed by atoms with Crippen LogP contribution in [0.1, 0.15) is 43.9 Å². The number of nitrogens with zero attached hydrogens (tertiary/aromatic N) is 1. The van der Waals surface area contributed by atoms with Crippen LogP contribution in [0.4, 0.5) is 0 Å². The molecule has 1 aliphatic rings. The number of benzene rings is 1. The second-order valence-electron chi connectivity index (χ2n) is 5.19. The van der Waals surface area contributed by atoms with E-state index in [0.717, 1.165) is 19.5 Å². The van der Waals surface area contributed by atoms with Gasteiger partial charge < -0.3 is 5.32 Å². The maximum Gasteiger partial charge on any atom is 0.0349 e. The van der Waals surface area contributed by atoms with E-state index in [-0.39, 0.29) is 24.8 Å². The predicted molar refractivity (Wildman–Crippen MR) is 92.4 cm³/mol. The molecule has 1 aromatic rings. The van der Waals surface area contributed by atoms with Gasteiger partial charge in [0.25, 0.3) is 0 Å². The third kappa shape index (κ3) is 5.25. The predicted octanol–water partition coefficient (Wildman–Crippen LogP) is 3.84. The third-order valence-electron chi connectivity index (χ3n) is 3.93. The van der Waals surface area contributed by atoms with Crippen molar-refractivity contribution in [2.75, 3.05) is 26.2 Å². The Morgan fingerprint density at radius 2 is 1.65 bits per heavy atom. The van der Waals surface area contributed by atoms with Gasteiger partial charge in [-0.05, 0) is 24.0 Å². The van der Waals surface area contributed by atoms with Crippen LogP contribution in [0, 0.1) is 0 Å². The number of halogens is 2. The Labute approximate surface area is 136 Å². The van der Waals surface area contributed by atoms with Gasteiger partial charge in [0.15, 0.2) is 0 Å². The van der Waals surface area contributed by atoms with Crippen LogP contribution in [0.25, 0.3) is 0 Å². The van der Waals surface area contributed by atoms with Crippen molar-refractivity contribution in [3.8, 4) is 0 Å². The minimum absolute atomic E-state index is 0. The monoisotopic (exact) mass is 318 g/mol. The molecule has 0 radical (unpaired) electrons. The molecule has 0 amide bonds. The molecule has 0 aromatic heterocycles. The quantitative estimate of drug-likeness (QED) is 0.887. The second kappa shape index (κ2) is 10.4. The summed E-state index contributed by atoms with van der Waals surface area (Å²) in [5.74, 6) is 0. The van der Waals surface area contributed by atoms with Crippen LogP contribution in [-0.4, -0.2) is 31.1 Å². The first-order valence-electron chi connectivity index (χ1n) is 7.38. The summed E-state index contributed by atoms with van der Waals surface area (Å²) in [5, 5.41) is 3.44. The summed E-state index contributed by atoms with van der Waals surface area (Å²) in [6.07, 6.45) is 3.65. The third-order valence-corrected chi connectivity index (χ3v) is 3.93. The highest BCUT2D eigenvalue weighted by Crippen LogP contribution is 2.26. The van der Waals surface area contributed by atoms with E-state index in [1.165, 1.54) is 37.1 Å². The van der Waals surface area contributed by atoms with E-state index in [1.807, 2.05) is 0 Å². The van der Waals surface area contributed by atoms with Crippen LogP contribution in [0.2, 0.25) is 0 Å². The zero-order valence-corrected chi connectivity index (χ0v) is 14.2. The van der Waals surface area contributed by atoms with Crippen molar-refractivity contribution in [2.45, 2.75) is 39.2 Å². The van der Waals surface area contributed by atoms with Gasteiger partial charge in [0.1, 0.15) is 0 Å². The smallest absolute Gasteiger partial charge is 0.0349 e. The molecule has 0 bridgehead atoms. The van der Waals surface area contributed by atoms with E-state index >= 15 is 0 Å². The zero-order valence-electron chi connectivity index (χ0n) is 12.6. The molecule has 1 heterocycles. The molecular formula is C16H28Cl2N2. The zero-order chi connectivity index (χ0) is 12.8. The van der Waals surface area contributed by atoms with E-state index < -0.39 is 0 Å². The summed E-state index contributed by atoms with van der Waals surface area (Å²) in [7, 11) is 0. The van der Waals surface area contributed by atoms with Crippen molar-refractivity contribution in [2.24, 2.45) is 0 Å². The highest BCUT2D eigenvalue weighted by Gasteiger charge is 2.20. The SMILES string of the molecule is CCC[C@H](c1ccc(CC)cc1)N1CCNCC1.Cl.Cl. The van der Waals surface area contributed by atoms with Crippen molar-refractivity contribution in [3.05, 3.63) is 35.4 Å². The molecule has 2 rings (SSSR count). The molecule has 1 atom stereocenters. The van der Waals surface area contributed by atoms with Crippen molar-refractivity contribution >= 4 is 24.8 Å². The van der Waals surface area contributed by atoms with Crippen LogP contribution in [0.3, 0.4) is 0 Å². The van der Waals surface area contributed by atoms with Gasteiger partial charge in [-0.25, -0.2) is 0 Å². The Bertz CT molecular complexity index is 348. The Balaban J connectivity index is 0.00000180. The molecule has 1 saturated heterocycles. The largest absolute Gasteiger partial charge is 0.314 e. The first-order chi connectivity index (χ1) is 8.85. The Morgan fingerprint density at radius 3 is 2.15 bits per heavy atom. The summed E-state index contributed by atoms with van der Waals surface area (Å²) in [6.45, 7) is 9.13. The highest BCUT2D eigenvalue weighted by molar-refractivity contribution is 5.85. The average Bonchev–Trinajstić information content (AvgIpc) is 2.46. The van der Waals surface area contributed by atoms with Gasteiger partial charge in [0.2, 0.25) is 0 Å². The lowest BCUT2D eigenvalue weighted by Gasteiger charge is -2.35. The number of aryl methyl sites for hydroxylation is 1. The van der Waals surface area contributed by atoms with Crippen LogP contribution in [0.15, 0.2) is 24.3 Å². The molecular weight excluding hydrogens is 291 g/mol. The molecule has 2 nitrogen and oxygen atoms in total.